The molecule has 8 nitrogen and oxygen atoms in total. The molecule has 2 N–H and O–H groups in total. The summed E-state index contributed by atoms with van der Waals surface area (Å²) in [5.41, 5.74) is 3.83. The van der Waals surface area contributed by atoms with Crippen LogP contribution >= 0.6 is 23.1 Å². The number of rotatable bonds is 10. The molecule has 206 valence electrons. The van der Waals surface area contributed by atoms with E-state index in [0.717, 1.165) is 16.0 Å². The van der Waals surface area contributed by atoms with Crippen LogP contribution in [0.25, 0.3) is 11.1 Å². The molecule has 0 aliphatic rings. The van der Waals surface area contributed by atoms with Crippen LogP contribution in [0, 0.1) is 6.92 Å². The van der Waals surface area contributed by atoms with Gasteiger partial charge >= 0.3 is 5.97 Å². The van der Waals surface area contributed by atoms with Gasteiger partial charge < -0.3 is 24.8 Å². The van der Waals surface area contributed by atoms with Crippen LogP contribution in [0.1, 0.15) is 26.3 Å². The van der Waals surface area contributed by atoms with Crippen molar-refractivity contribution in [3.63, 3.8) is 0 Å². The Morgan fingerprint density at radius 1 is 0.850 bits per heavy atom. The van der Waals surface area contributed by atoms with Crippen LogP contribution in [0.4, 0.5) is 10.7 Å². The maximum atomic E-state index is 13.0. The standard InChI is InChI=1S/C30H28N2O6S2/c1-18-11-13-19(14-12-18)22-16-40-29(26(22)30(35)38-4)32-25(33)17-39-21-8-5-7-20(15-21)31-28(34)27-23(36-2)9-6-10-24(27)37-3/h5-16H,17H2,1-4H3,(H,31,34)(H,32,33). The van der Waals surface area contributed by atoms with Gasteiger partial charge in [0.05, 0.1) is 27.1 Å². The molecule has 0 spiro atoms. The Morgan fingerprint density at radius 3 is 2.17 bits per heavy atom. The fraction of sp³-hybridized carbons (Fsp3) is 0.167. The van der Waals surface area contributed by atoms with Crippen molar-refractivity contribution in [2.45, 2.75) is 11.8 Å². The molecule has 0 fully saturated rings. The number of hydrogen-bond acceptors (Lipinski definition) is 8. The van der Waals surface area contributed by atoms with Gasteiger partial charge in [-0.15, -0.1) is 23.1 Å². The first-order valence-electron chi connectivity index (χ1n) is 12.2. The molecule has 3 aromatic carbocycles. The Bertz CT molecular complexity index is 1510. The Labute approximate surface area is 240 Å². The Balaban J connectivity index is 1.44. The van der Waals surface area contributed by atoms with Gasteiger partial charge in [-0.25, -0.2) is 4.79 Å². The summed E-state index contributed by atoms with van der Waals surface area (Å²) in [5.74, 6) is -0.299. The number of esters is 1. The summed E-state index contributed by atoms with van der Waals surface area (Å²) in [5, 5.41) is 7.98. The second-order valence-corrected chi connectivity index (χ2v) is 10.5. The SMILES string of the molecule is COC(=O)c1c(-c2ccc(C)cc2)csc1NC(=O)CSc1cccc(NC(=O)c2c(OC)cccc2OC)c1. The highest BCUT2D eigenvalue weighted by Gasteiger charge is 2.23. The van der Waals surface area contributed by atoms with E-state index >= 15 is 0 Å². The number of thioether (sulfide) groups is 1. The lowest BCUT2D eigenvalue weighted by Crippen LogP contribution is -2.16. The predicted octanol–water partition coefficient (Wildman–Crippen LogP) is 6.51. The molecule has 0 saturated heterocycles. The van der Waals surface area contributed by atoms with E-state index in [4.69, 9.17) is 14.2 Å². The number of anilines is 2. The molecule has 4 rings (SSSR count). The van der Waals surface area contributed by atoms with Crippen LogP contribution in [-0.4, -0.2) is 44.9 Å². The van der Waals surface area contributed by atoms with E-state index < -0.39 is 5.97 Å². The van der Waals surface area contributed by atoms with Crippen LogP contribution in [0.3, 0.4) is 0 Å². The number of thiophene rings is 1. The largest absolute Gasteiger partial charge is 0.496 e. The molecular formula is C30H28N2O6S2. The highest BCUT2D eigenvalue weighted by Crippen LogP contribution is 2.36. The number of amides is 2. The minimum Gasteiger partial charge on any atom is -0.496 e. The summed E-state index contributed by atoms with van der Waals surface area (Å²) in [6.45, 7) is 1.99. The first kappa shape index (κ1) is 28.7. The third kappa shape index (κ3) is 6.64. The number of aryl methyl sites for hydroxylation is 1. The minimum atomic E-state index is -0.519. The van der Waals surface area contributed by atoms with E-state index in [0.29, 0.717) is 33.3 Å². The molecule has 0 bridgehead atoms. The average molecular weight is 577 g/mol. The molecule has 0 unspecified atom stereocenters. The van der Waals surface area contributed by atoms with Crippen molar-refractivity contribution in [1.82, 2.24) is 0 Å². The second kappa shape index (κ2) is 13.2. The molecule has 10 heteroatoms. The lowest BCUT2D eigenvalue weighted by Gasteiger charge is -2.13. The van der Waals surface area contributed by atoms with Gasteiger partial charge in [-0.3, -0.25) is 9.59 Å². The van der Waals surface area contributed by atoms with Crippen LogP contribution in [0.5, 0.6) is 11.5 Å². The van der Waals surface area contributed by atoms with Crippen molar-refractivity contribution in [3.05, 3.63) is 88.8 Å². The smallest absolute Gasteiger partial charge is 0.341 e. The quantitative estimate of drug-likeness (QED) is 0.164. The number of carbonyl (C=O) groups excluding carboxylic acids is 3. The first-order chi connectivity index (χ1) is 19.3. The van der Waals surface area contributed by atoms with Gasteiger partial charge in [-0.1, -0.05) is 42.0 Å². The molecular weight excluding hydrogens is 548 g/mol. The summed E-state index contributed by atoms with van der Waals surface area (Å²) in [6.07, 6.45) is 0. The summed E-state index contributed by atoms with van der Waals surface area (Å²) in [6, 6.07) is 20.1. The molecule has 0 atom stereocenters. The van der Waals surface area contributed by atoms with Crippen molar-refractivity contribution >= 4 is 51.6 Å². The van der Waals surface area contributed by atoms with Crippen molar-refractivity contribution < 1.29 is 28.6 Å². The second-order valence-electron chi connectivity index (χ2n) is 8.57. The summed E-state index contributed by atoms with van der Waals surface area (Å²) in [4.78, 5) is 39.2. The highest BCUT2D eigenvalue weighted by atomic mass is 32.2. The number of carbonyl (C=O) groups is 3. The lowest BCUT2D eigenvalue weighted by molar-refractivity contribution is -0.113. The van der Waals surface area contributed by atoms with Crippen molar-refractivity contribution in [1.29, 1.82) is 0 Å². The van der Waals surface area contributed by atoms with Gasteiger partial charge in [0.1, 0.15) is 27.6 Å². The number of methoxy groups -OCH3 is 3. The van der Waals surface area contributed by atoms with Crippen LogP contribution in [-0.2, 0) is 9.53 Å². The van der Waals surface area contributed by atoms with E-state index in [1.807, 2.05) is 42.6 Å². The minimum absolute atomic E-state index is 0.0934. The maximum absolute atomic E-state index is 13.0. The topological polar surface area (TPSA) is 103 Å². The van der Waals surface area contributed by atoms with Crippen molar-refractivity contribution in [2.75, 3.05) is 37.7 Å². The van der Waals surface area contributed by atoms with E-state index in [1.165, 1.54) is 44.4 Å². The monoisotopic (exact) mass is 576 g/mol. The number of nitrogens with one attached hydrogen (secondary N) is 2. The molecule has 4 aromatic rings. The number of hydrogen-bond donors (Lipinski definition) is 2. The molecule has 1 heterocycles. The maximum Gasteiger partial charge on any atom is 0.341 e. The van der Waals surface area contributed by atoms with Gasteiger partial charge in [-0.05, 0) is 42.8 Å². The zero-order valence-electron chi connectivity index (χ0n) is 22.4. The molecule has 0 radical (unpaired) electrons. The fourth-order valence-corrected chi connectivity index (χ4v) is 5.67. The van der Waals surface area contributed by atoms with Crippen molar-refractivity contribution in [3.8, 4) is 22.6 Å². The zero-order chi connectivity index (χ0) is 28.6. The third-order valence-corrected chi connectivity index (χ3v) is 7.80. The van der Waals surface area contributed by atoms with Gasteiger partial charge in [0.25, 0.3) is 5.91 Å². The molecule has 1 aromatic heterocycles. The van der Waals surface area contributed by atoms with E-state index in [-0.39, 0.29) is 23.1 Å². The van der Waals surface area contributed by atoms with Crippen LogP contribution < -0.4 is 20.1 Å². The van der Waals surface area contributed by atoms with Gasteiger partial charge in [0, 0.05) is 21.5 Å². The van der Waals surface area contributed by atoms with Gasteiger partial charge in [-0.2, -0.15) is 0 Å². The zero-order valence-corrected chi connectivity index (χ0v) is 24.0. The third-order valence-electron chi connectivity index (χ3n) is 5.91. The molecule has 0 aliphatic heterocycles. The van der Waals surface area contributed by atoms with E-state index in [2.05, 4.69) is 10.6 Å². The summed E-state index contributed by atoms with van der Waals surface area (Å²) < 4.78 is 15.7. The Kier molecular flexibility index (Phi) is 9.47. The molecule has 40 heavy (non-hydrogen) atoms. The normalized spacial score (nSPS) is 10.5. The molecule has 2 amide bonds. The van der Waals surface area contributed by atoms with E-state index in [1.54, 1.807) is 36.4 Å². The predicted molar refractivity (Wildman–Crippen MR) is 159 cm³/mol. The van der Waals surface area contributed by atoms with Gasteiger partial charge in [0.15, 0.2) is 0 Å². The van der Waals surface area contributed by atoms with E-state index in [9.17, 15) is 14.4 Å². The first-order valence-corrected chi connectivity index (χ1v) is 14.0. The summed E-state index contributed by atoms with van der Waals surface area (Å²) >= 11 is 2.57. The lowest BCUT2D eigenvalue weighted by atomic mass is 10.0. The fourth-order valence-electron chi connectivity index (χ4n) is 3.94. The summed E-state index contributed by atoms with van der Waals surface area (Å²) in [7, 11) is 4.29. The average Bonchev–Trinajstić information content (AvgIpc) is 3.38. The Hall–Kier alpha value is -4.28. The van der Waals surface area contributed by atoms with Gasteiger partial charge in [0.2, 0.25) is 5.91 Å². The van der Waals surface area contributed by atoms with Crippen LogP contribution in [0.2, 0.25) is 0 Å². The van der Waals surface area contributed by atoms with Crippen molar-refractivity contribution in [2.24, 2.45) is 0 Å². The van der Waals surface area contributed by atoms with Crippen LogP contribution in [0.15, 0.2) is 77.0 Å². The molecule has 0 saturated carbocycles. The number of benzene rings is 3. The highest BCUT2D eigenvalue weighted by molar-refractivity contribution is 8.00. The number of ether oxygens (including phenoxy) is 3. The Morgan fingerprint density at radius 2 is 1.52 bits per heavy atom. The molecule has 0 aliphatic carbocycles.